The zero-order chi connectivity index (χ0) is 20.4. The minimum absolute atomic E-state index is 0.0554. The normalized spacial score (nSPS) is 23.0. The third-order valence-electron chi connectivity index (χ3n) is 6.09. The number of aliphatic hydroxyl groups excluding tert-OH is 1. The van der Waals surface area contributed by atoms with Gasteiger partial charge in [-0.15, -0.1) is 0 Å². The lowest BCUT2D eigenvalue weighted by molar-refractivity contribution is -0.131. The predicted molar refractivity (Wildman–Crippen MR) is 113 cm³/mol. The summed E-state index contributed by atoms with van der Waals surface area (Å²) < 4.78 is 0. The Morgan fingerprint density at radius 1 is 1.17 bits per heavy atom. The van der Waals surface area contributed by atoms with E-state index in [0.29, 0.717) is 26.1 Å². The van der Waals surface area contributed by atoms with Crippen molar-refractivity contribution in [2.24, 2.45) is 5.92 Å². The third-order valence-corrected chi connectivity index (χ3v) is 6.09. The van der Waals surface area contributed by atoms with E-state index in [2.05, 4.69) is 51.2 Å². The van der Waals surface area contributed by atoms with Gasteiger partial charge in [0.15, 0.2) is 0 Å². The van der Waals surface area contributed by atoms with Crippen LogP contribution in [-0.4, -0.2) is 82.9 Å². The summed E-state index contributed by atoms with van der Waals surface area (Å²) in [5.41, 5.74) is 4.50. The number of carbonyl (C=O) groups is 1. The van der Waals surface area contributed by atoms with E-state index in [-0.39, 0.29) is 11.8 Å². The highest BCUT2D eigenvalue weighted by Crippen LogP contribution is 2.22. The minimum Gasteiger partial charge on any atom is -0.391 e. The topological polar surface area (TPSA) is 75.7 Å². The Morgan fingerprint density at radius 3 is 2.66 bits per heavy atom. The summed E-state index contributed by atoms with van der Waals surface area (Å²) in [4.78, 5) is 19.2. The van der Waals surface area contributed by atoms with Crippen LogP contribution in [0.4, 0.5) is 5.69 Å². The Bertz CT molecular complexity index is 843. The Kier molecular flexibility index (Phi) is 5.87. The smallest absolute Gasteiger partial charge is 0.236 e. The average molecular weight is 398 g/mol. The number of nitrogens with one attached hydrogen (secondary N) is 1. The van der Waals surface area contributed by atoms with Gasteiger partial charge in [-0.3, -0.25) is 14.8 Å². The average Bonchev–Trinajstić information content (AvgIpc) is 3.28. The molecule has 4 rings (SSSR count). The summed E-state index contributed by atoms with van der Waals surface area (Å²) in [7, 11) is 0. The van der Waals surface area contributed by atoms with Gasteiger partial charge in [0.05, 0.1) is 18.3 Å². The van der Waals surface area contributed by atoms with E-state index in [1.54, 1.807) is 0 Å². The monoisotopic (exact) mass is 397 g/mol. The van der Waals surface area contributed by atoms with Gasteiger partial charge in [-0.25, -0.2) is 0 Å². The van der Waals surface area contributed by atoms with Crippen LogP contribution >= 0.6 is 0 Å². The van der Waals surface area contributed by atoms with Gasteiger partial charge in [0.2, 0.25) is 5.91 Å². The Hall–Kier alpha value is -2.38. The lowest BCUT2D eigenvalue weighted by atomic mass is 10.0. The number of carbonyl (C=O) groups excluding carboxylic acids is 1. The number of aromatic nitrogens is 2. The van der Waals surface area contributed by atoms with Crippen LogP contribution in [-0.2, 0) is 11.2 Å². The van der Waals surface area contributed by atoms with Crippen molar-refractivity contribution >= 4 is 11.6 Å². The number of H-pyrrole nitrogens is 1. The molecule has 2 aliphatic heterocycles. The minimum atomic E-state index is -0.478. The molecule has 2 aliphatic rings. The van der Waals surface area contributed by atoms with Crippen LogP contribution in [0.25, 0.3) is 0 Å². The number of amides is 1. The van der Waals surface area contributed by atoms with Gasteiger partial charge in [0.1, 0.15) is 0 Å². The number of rotatable bonds is 5. The van der Waals surface area contributed by atoms with Gasteiger partial charge in [0.25, 0.3) is 0 Å². The van der Waals surface area contributed by atoms with Crippen molar-refractivity contribution in [1.29, 1.82) is 0 Å². The second-order valence-electron chi connectivity index (χ2n) is 8.47. The molecule has 3 heterocycles. The number of aryl methyl sites for hydroxylation is 2. The first kappa shape index (κ1) is 19.9. The molecular weight excluding hydrogens is 366 g/mol. The van der Waals surface area contributed by atoms with E-state index in [1.165, 1.54) is 11.3 Å². The predicted octanol–water partition coefficient (Wildman–Crippen LogP) is 1.21. The van der Waals surface area contributed by atoms with Crippen LogP contribution in [0.1, 0.15) is 17.0 Å². The molecule has 7 heteroatoms. The van der Waals surface area contributed by atoms with E-state index < -0.39 is 6.10 Å². The fourth-order valence-electron chi connectivity index (χ4n) is 4.39. The Labute approximate surface area is 172 Å². The largest absolute Gasteiger partial charge is 0.391 e. The lowest BCUT2D eigenvalue weighted by Gasteiger charge is -2.36. The molecule has 1 aromatic carbocycles. The number of hydrogen-bond donors (Lipinski definition) is 2. The fraction of sp³-hybridized carbons (Fsp3) is 0.545. The molecule has 0 aliphatic carbocycles. The van der Waals surface area contributed by atoms with Gasteiger partial charge < -0.3 is 14.9 Å². The molecule has 2 atom stereocenters. The number of aromatic amines is 1. The van der Waals surface area contributed by atoms with Crippen molar-refractivity contribution in [3.05, 3.63) is 47.3 Å². The molecule has 7 nitrogen and oxygen atoms in total. The highest BCUT2D eigenvalue weighted by atomic mass is 16.3. The Morgan fingerprint density at radius 2 is 1.97 bits per heavy atom. The lowest BCUT2D eigenvalue weighted by Crippen LogP contribution is -2.50. The molecule has 0 radical (unpaired) electrons. The molecule has 0 bridgehead atoms. The number of aliphatic hydroxyl groups is 1. The molecule has 0 unspecified atom stereocenters. The van der Waals surface area contributed by atoms with Crippen molar-refractivity contribution in [2.75, 3.05) is 50.7 Å². The van der Waals surface area contributed by atoms with E-state index in [4.69, 9.17) is 0 Å². The second kappa shape index (κ2) is 8.55. The standard InChI is InChI=1S/C22H31N5O2/c1-16-4-3-5-20(10-16)26-8-6-25(7-9-26)15-22(29)27-13-18(21(28)14-27)12-19-11-17(2)23-24-19/h3-5,10-11,18,21,28H,6-9,12-15H2,1-2H3,(H,23,24)/t18-,21-/m1/s1. The zero-order valence-electron chi connectivity index (χ0n) is 17.3. The first-order chi connectivity index (χ1) is 14.0. The highest BCUT2D eigenvalue weighted by Gasteiger charge is 2.35. The van der Waals surface area contributed by atoms with E-state index in [1.807, 2.05) is 17.9 Å². The van der Waals surface area contributed by atoms with Crippen LogP contribution in [0.3, 0.4) is 0 Å². The maximum Gasteiger partial charge on any atom is 0.236 e. The van der Waals surface area contributed by atoms with Gasteiger partial charge in [-0.2, -0.15) is 5.10 Å². The summed E-state index contributed by atoms with van der Waals surface area (Å²) in [6.45, 7) is 9.17. The summed E-state index contributed by atoms with van der Waals surface area (Å²) >= 11 is 0. The number of piperazine rings is 1. The van der Waals surface area contributed by atoms with Gasteiger partial charge in [-0.1, -0.05) is 12.1 Å². The molecule has 0 saturated carbocycles. The number of likely N-dealkylation sites (tertiary alicyclic amines) is 1. The fourth-order valence-corrected chi connectivity index (χ4v) is 4.39. The second-order valence-corrected chi connectivity index (χ2v) is 8.47. The summed E-state index contributed by atoms with van der Waals surface area (Å²) in [5, 5.41) is 17.6. The first-order valence-corrected chi connectivity index (χ1v) is 10.5. The highest BCUT2D eigenvalue weighted by molar-refractivity contribution is 5.78. The molecule has 156 valence electrons. The van der Waals surface area contributed by atoms with Crippen LogP contribution in [0, 0.1) is 19.8 Å². The van der Waals surface area contributed by atoms with Crippen molar-refractivity contribution in [1.82, 2.24) is 20.0 Å². The molecule has 1 aromatic heterocycles. The molecule has 2 N–H and O–H groups in total. The number of β-amino-alcohol motifs (C(OH)–C–C–N with tert-alkyl or cyclic N) is 1. The molecule has 0 spiro atoms. The molecule has 2 fully saturated rings. The van der Waals surface area contributed by atoms with Crippen LogP contribution < -0.4 is 4.90 Å². The Balaban J connectivity index is 1.26. The molecule has 29 heavy (non-hydrogen) atoms. The molecule has 2 aromatic rings. The van der Waals surface area contributed by atoms with Crippen molar-refractivity contribution in [3.8, 4) is 0 Å². The summed E-state index contributed by atoms with van der Waals surface area (Å²) in [6.07, 6.45) is 0.221. The van der Waals surface area contributed by atoms with E-state index >= 15 is 0 Å². The molecule has 2 saturated heterocycles. The maximum absolute atomic E-state index is 12.8. The van der Waals surface area contributed by atoms with Gasteiger partial charge in [0, 0.05) is 56.6 Å². The van der Waals surface area contributed by atoms with E-state index in [0.717, 1.165) is 37.6 Å². The quantitative estimate of drug-likeness (QED) is 0.793. The third kappa shape index (κ3) is 4.79. The zero-order valence-corrected chi connectivity index (χ0v) is 17.3. The summed E-state index contributed by atoms with van der Waals surface area (Å²) in [5.74, 6) is 0.175. The summed E-state index contributed by atoms with van der Waals surface area (Å²) in [6, 6.07) is 10.6. The van der Waals surface area contributed by atoms with Crippen LogP contribution in [0.15, 0.2) is 30.3 Å². The molecular formula is C22H31N5O2. The van der Waals surface area contributed by atoms with Crippen molar-refractivity contribution in [2.45, 2.75) is 26.4 Å². The van der Waals surface area contributed by atoms with Crippen LogP contribution in [0.5, 0.6) is 0 Å². The number of anilines is 1. The van der Waals surface area contributed by atoms with Gasteiger partial charge in [-0.05, 0) is 44.0 Å². The number of benzene rings is 1. The maximum atomic E-state index is 12.8. The van der Waals surface area contributed by atoms with Crippen molar-refractivity contribution < 1.29 is 9.90 Å². The van der Waals surface area contributed by atoms with E-state index in [9.17, 15) is 9.90 Å². The molecule has 1 amide bonds. The SMILES string of the molecule is Cc1cccc(N2CCN(CC(=O)N3C[C@@H](Cc4cc(C)[nH]n4)[C@H](O)C3)CC2)c1. The van der Waals surface area contributed by atoms with Gasteiger partial charge >= 0.3 is 0 Å². The number of hydrogen-bond acceptors (Lipinski definition) is 5. The van der Waals surface area contributed by atoms with Crippen LogP contribution in [0.2, 0.25) is 0 Å². The first-order valence-electron chi connectivity index (χ1n) is 10.5. The van der Waals surface area contributed by atoms with Crippen molar-refractivity contribution in [3.63, 3.8) is 0 Å². The number of nitrogens with zero attached hydrogens (tertiary/aromatic N) is 4.